The van der Waals surface area contributed by atoms with Crippen LogP contribution in [0.4, 0.5) is 11.5 Å². The van der Waals surface area contributed by atoms with Gasteiger partial charge < -0.3 is 9.80 Å². The van der Waals surface area contributed by atoms with Crippen LogP contribution in [0.2, 0.25) is 0 Å². The third-order valence-corrected chi connectivity index (χ3v) is 5.04. The molecule has 0 aliphatic carbocycles. The Morgan fingerprint density at radius 1 is 1.07 bits per heavy atom. The fourth-order valence-corrected chi connectivity index (χ4v) is 3.70. The molecule has 0 N–H and O–H groups in total. The number of aromatic nitrogens is 2. The molecule has 28 heavy (non-hydrogen) atoms. The van der Waals surface area contributed by atoms with Crippen molar-refractivity contribution < 1.29 is 4.79 Å². The lowest BCUT2D eigenvalue weighted by atomic mass is 10.0. The Balaban J connectivity index is 1.62. The van der Waals surface area contributed by atoms with E-state index in [-0.39, 0.29) is 5.91 Å². The first kappa shape index (κ1) is 18.2. The van der Waals surface area contributed by atoms with Crippen molar-refractivity contribution >= 4 is 17.4 Å². The number of hydrogen-bond donors (Lipinski definition) is 0. The van der Waals surface area contributed by atoms with Gasteiger partial charge in [0, 0.05) is 31.9 Å². The Kier molecular flexibility index (Phi) is 5.06. The van der Waals surface area contributed by atoms with Gasteiger partial charge in [-0.15, -0.1) is 0 Å². The van der Waals surface area contributed by atoms with Crippen LogP contribution in [-0.4, -0.2) is 34.4 Å². The first-order valence-electron chi connectivity index (χ1n) is 9.62. The fraction of sp³-hybridized carbons (Fsp3) is 0.261. The molecule has 0 spiro atoms. The Bertz CT molecular complexity index is 987. The van der Waals surface area contributed by atoms with E-state index in [0.717, 1.165) is 30.8 Å². The second-order valence-corrected chi connectivity index (χ2v) is 7.19. The predicted octanol–water partition coefficient (Wildman–Crippen LogP) is 4.14. The number of hydrogen-bond acceptors (Lipinski definition) is 4. The Morgan fingerprint density at radius 2 is 1.82 bits per heavy atom. The summed E-state index contributed by atoms with van der Waals surface area (Å²) >= 11 is 0. The second-order valence-electron chi connectivity index (χ2n) is 7.19. The normalized spacial score (nSPS) is 13.1. The second kappa shape index (κ2) is 7.80. The van der Waals surface area contributed by atoms with Gasteiger partial charge in [0.15, 0.2) is 0 Å². The van der Waals surface area contributed by atoms with E-state index in [1.807, 2.05) is 56.4 Å². The van der Waals surface area contributed by atoms with E-state index >= 15 is 0 Å². The first-order chi connectivity index (χ1) is 13.6. The molecule has 1 amide bonds. The van der Waals surface area contributed by atoms with E-state index < -0.39 is 0 Å². The van der Waals surface area contributed by atoms with Gasteiger partial charge in [0.05, 0.1) is 0 Å². The molecular formula is C23H24N4O. The SMILES string of the molecule is Cc1nc(C(=O)N(C)Cc2ccccc2)cc(N2CCCc3ccccc32)n1. The highest BCUT2D eigenvalue weighted by molar-refractivity contribution is 5.93. The Morgan fingerprint density at radius 3 is 2.64 bits per heavy atom. The summed E-state index contributed by atoms with van der Waals surface area (Å²) in [6.07, 6.45) is 2.14. The molecule has 0 saturated heterocycles. The number of benzene rings is 2. The van der Waals surface area contributed by atoms with Crippen LogP contribution < -0.4 is 4.90 Å². The van der Waals surface area contributed by atoms with Crippen LogP contribution in [0.25, 0.3) is 0 Å². The lowest BCUT2D eigenvalue weighted by Crippen LogP contribution is -2.29. The molecule has 4 rings (SSSR count). The van der Waals surface area contributed by atoms with Gasteiger partial charge in [-0.25, -0.2) is 9.97 Å². The van der Waals surface area contributed by atoms with Gasteiger partial charge in [-0.1, -0.05) is 48.5 Å². The highest BCUT2D eigenvalue weighted by Crippen LogP contribution is 2.32. The fourth-order valence-electron chi connectivity index (χ4n) is 3.70. The van der Waals surface area contributed by atoms with Crippen molar-refractivity contribution in [2.75, 3.05) is 18.5 Å². The summed E-state index contributed by atoms with van der Waals surface area (Å²) < 4.78 is 0. The van der Waals surface area contributed by atoms with E-state index in [2.05, 4.69) is 33.1 Å². The molecule has 1 aliphatic heterocycles. The maximum Gasteiger partial charge on any atom is 0.272 e. The topological polar surface area (TPSA) is 49.3 Å². The van der Waals surface area contributed by atoms with E-state index in [4.69, 9.17) is 0 Å². The van der Waals surface area contributed by atoms with Crippen LogP contribution in [0.1, 0.15) is 33.9 Å². The average molecular weight is 372 g/mol. The number of nitrogens with zero attached hydrogens (tertiary/aromatic N) is 4. The minimum atomic E-state index is -0.0964. The van der Waals surface area contributed by atoms with Crippen LogP contribution in [0.3, 0.4) is 0 Å². The van der Waals surface area contributed by atoms with Gasteiger partial charge in [0.2, 0.25) is 0 Å². The molecule has 5 heteroatoms. The molecule has 0 unspecified atom stereocenters. The third-order valence-electron chi connectivity index (χ3n) is 5.04. The molecule has 0 bridgehead atoms. The van der Waals surface area contributed by atoms with Gasteiger partial charge in [-0.05, 0) is 37.0 Å². The molecule has 2 aromatic carbocycles. The minimum Gasteiger partial charge on any atom is -0.336 e. The maximum atomic E-state index is 13.0. The van der Waals surface area contributed by atoms with E-state index in [9.17, 15) is 4.79 Å². The number of carbonyl (C=O) groups excluding carboxylic acids is 1. The monoisotopic (exact) mass is 372 g/mol. The highest BCUT2D eigenvalue weighted by atomic mass is 16.2. The summed E-state index contributed by atoms with van der Waals surface area (Å²) in [5, 5.41) is 0. The van der Waals surface area contributed by atoms with Crippen molar-refractivity contribution in [2.24, 2.45) is 0 Å². The molecule has 0 atom stereocenters. The standard InChI is InChI=1S/C23H24N4O/c1-17-24-20(23(28)26(2)16-18-9-4-3-5-10-18)15-22(25-17)27-14-8-12-19-11-6-7-13-21(19)27/h3-7,9-11,13,15H,8,12,14,16H2,1-2H3. The van der Waals surface area contributed by atoms with Crippen molar-refractivity contribution in [3.8, 4) is 0 Å². The van der Waals surface area contributed by atoms with Crippen LogP contribution >= 0.6 is 0 Å². The Hall–Kier alpha value is -3.21. The molecule has 1 aromatic heterocycles. The number of para-hydroxylation sites is 1. The zero-order valence-electron chi connectivity index (χ0n) is 16.3. The van der Waals surface area contributed by atoms with Crippen molar-refractivity contribution in [2.45, 2.75) is 26.3 Å². The summed E-state index contributed by atoms with van der Waals surface area (Å²) in [5.74, 6) is 1.30. The summed E-state index contributed by atoms with van der Waals surface area (Å²) in [6.45, 7) is 3.28. The lowest BCUT2D eigenvalue weighted by molar-refractivity contribution is 0.0779. The van der Waals surface area contributed by atoms with Crippen molar-refractivity contribution in [1.29, 1.82) is 0 Å². The van der Waals surface area contributed by atoms with Gasteiger partial charge in [-0.2, -0.15) is 0 Å². The molecule has 1 aliphatic rings. The highest BCUT2D eigenvalue weighted by Gasteiger charge is 2.22. The van der Waals surface area contributed by atoms with Crippen molar-refractivity contribution in [3.05, 3.63) is 83.3 Å². The Labute approximate surface area is 165 Å². The molecule has 0 fully saturated rings. The zero-order chi connectivity index (χ0) is 19.5. The van der Waals surface area contributed by atoms with Gasteiger partial charge in [-0.3, -0.25) is 4.79 Å². The summed E-state index contributed by atoms with van der Waals surface area (Å²) in [4.78, 5) is 25.9. The zero-order valence-corrected chi connectivity index (χ0v) is 16.3. The first-order valence-corrected chi connectivity index (χ1v) is 9.62. The van der Waals surface area contributed by atoms with E-state index in [1.54, 1.807) is 4.90 Å². The summed E-state index contributed by atoms with van der Waals surface area (Å²) in [5.41, 5.74) is 4.01. The molecule has 142 valence electrons. The quantitative estimate of drug-likeness (QED) is 0.691. The number of anilines is 2. The largest absolute Gasteiger partial charge is 0.336 e. The van der Waals surface area contributed by atoms with Gasteiger partial charge in [0.1, 0.15) is 17.3 Å². The third kappa shape index (κ3) is 3.74. The number of aryl methyl sites for hydroxylation is 2. The van der Waals surface area contributed by atoms with Gasteiger partial charge in [0.25, 0.3) is 5.91 Å². The summed E-state index contributed by atoms with van der Waals surface area (Å²) in [7, 11) is 1.81. The maximum absolute atomic E-state index is 13.0. The van der Waals surface area contributed by atoms with Crippen molar-refractivity contribution in [3.63, 3.8) is 0 Å². The molecule has 0 radical (unpaired) electrons. The van der Waals surface area contributed by atoms with Crippen molar-refractivity contribution in [1.82, 2.24) is 14.9 Å². The predicted molar refractivity (Wildman–Crippen MR) is 111 cm³/mol. The molecular weight excluding hydrogens is 348 g/mol. The van der Waals surface area contributed by atoms with Gasteiger partial charge >= 0.3 is 0 Å². The molecule has 5 nitrogen and oxygen atoms in total. The number of carbonyl (C=O) groups is 1. The summed E-state index contributed by atoms with van der Waals surface area (Å²) in [6, 6.07) is 20.2. The minimum absolute atomic E-state index is 0.0964. The number of amides is 1. The van der Waals surface area contributed by atoms with Crippen LogP contribution in [0.5, 0.6) is 0 Å². The lowest BCUT2D eigenvalue weighted by Gasteiger charge is -2.30. The smallest absolute Gasteiger partial charge is 0.272 e. The van der Waals surface area contributed by atoms with Crippen LogP contribution in [-0.2, 0) is 13.0 Å². The van der Waals surface area contributed by atoms with E-state index in [1.165, 1.54) is 11.3 Å². The number of rotatable bonds is 4. The number of fused-ring (bicyclic) bond motifs is 1. The molecule has 0 saturated carbocycles. The van der Waals surface area contributed by atoms with Crippen LogP contribution in [0, 0.1) is 6.92 Å². The average Bonchev–Trinajstić information content (AvgIpc) is 2.73. The molecule has 2 heterocycles. The van der Waals surface area contributed by atoms with E-state index in [0.29, 0.717) is 18.1 Å². The van der Waals surface area contributed by atoms with Crippen LogP contribution in [0.15, 0.2) is 60.7 Å². The molecule has 3 aromatic rings.